The third-order valence-corrected chi connectivity index (χ3v) is 13.3. The first-order chi connectivity index (χ1) is 16.1. The lowest BCUT2D eigenvalue weighted by Crippen LogP contribution is -2.61. The summed E-state index contributed by atoms with van der Waals surface area (Å²) < 4.78 is 28.9. The zero-order chi connectivity index (χ0) is 26.8. The van der Waals surface area contributed by atoms with Gasteiger partial charge in [0.05, 0.1) is 26.4 Å². The number of carbonyl (C=O) groups excluding carboxylic acids is 2. The third-order valence-electron chi connectivity index (χ3n) is 7.24. The normalized spacial score (nSPS) is 26.3. The molecule has 2 aliphatic heterocycles. The minimum atomic E-state index is -2.48. The molecule has 0 bridgehead atoms. The number of amides is 1. The lowest BCUT2D eigenvalue weighted by Gasteiger charge is -2.47. The molecule has 2 fully saturated rings. The fraction of sp³-hybridized carbons (Fsp3) is 0.920. The number of likely N-dealkylation sites (tertiary alicyclic amines) is 1. The van der Waals surface area contributed by atoms with Crippen LogP contribution in [0.25, 0.3) is 0 Å². The van der Waals surface area contributed by atoms with Crippen LogP contribution in [0.5, 0.6) is 0 Å². The SMILES string of the molecule is COC(=O)[C@@H]1C[C@H](O[Si](C(C)C)(C(C)C)C(C)C)C(O)(CCC2OCCO2)N1C(=O)OC(C)(C)C. The number of hydrogen-bond donors (Lipinski definition) is 1. The van der Waals surface area contributed by atoms with E-state index in [-0.39, 0.29) is 29.5 Å². The number of methoxy groups -OCH3 is 1. The molecule has 2 heterocycles. The van der Waals surface area contributed by atoms with Gasteiger partial charge in [0.2, 0.25) is 8.32 Å². The van der Waals surface area contributed by atoms with Crippen LogP contribution in [0.2, 0.25) is 16.6 Å². The van der Waals surface area contributed by atoms with Crippen molar-refractivity contribution in [3.63, 3.8) is 0 Å². The van der Waals surface area contributed by atoms with Crippen LogP contribution in [0.4, 0.5) is 4.79 Å². The molecule has 1 amide bonds. The lowest BCUT2D eigenvalue weighted by atomic mass is 10.0. The van der Waals surface area contributed by atoms with Gasteiger partial charge in [-0.1, -0.05) is 41.5 Å². The second-order valence-corrected chi connectivity index (χ2v) is 17.0. The fourth-order valence-corrected chi connectivity index (χ4v) is 11.4. The Bertz CT molecular complexity index is 710. The molecule has 0 aliphatic carbocycles. The van der Waals surface area contributed by atoms with E-state index in [1.807, 2.05) is 0 Å². The summed E-state index contributed by atoms with van der Waals surface area (Å²) in [6, 6.07) is -1.03. The van der Waals surface area contributed by atoms with Gasteiger partial charge in [0.15, 0.2) is 12.0 Å². The van der Waals surface area contributed by atoms with E-state index in [0.29, 0.717) is 19.6 Å². The van der Waals surface area contributed by atoms with Gasteiger partial charge in [-0.25, -0.2) is 9.59 Å². The van der Waals surface area contributed by atoms with Crippen molar-refractivity contribution in [3.8, 4) is 0 Å². The van der Waals surface area contributed by atoms with Crippen LogP contribution in [0.3, 0.4) is 0 Å². The van der Waals surface area contributed by atoms with Gasteiger partial charge >= 0.3 is 12.1 Å². The second kappa shape index (κ2) is 11.5. The Morgan fingerprint density at radius 3 is 2.00 bits per heavy atom. The predicted molar refractivity (Wildman–Crippen MR) is 134 cm³/mol. The average Bonchev–Trinajstić information content (AvgIpc) is 3.34. The predicted octanol–water partition coefficient (Wildman–Crippen LogP) is 4.57. The molecule has 0 radical (unpaired) electrons. The number of esters is 1. The van der Waals surface area contributed by atoms with Gasteiger partial charge in [0, 0.05) is 19.3 Å². The second-order valence-electron chi connectivity index (χ2n) is 11.6. The van der Waals surface area contributed by atoms with Crippen molar-refractivity contribution in [2.24, 2.45) is 0 Å². The van der Waals surface area contributed by atoms with Crippen LogP contribution in [-0.2, 0) is 28.2 Å². The summed E-state index contributed by atoms with van der Waals surface area (Å²) >= 11 is 0. The third kappa shape index (κ3) is 6.39. The Morgan fingerprint density at radius 2 is 1.57 bits per heavy atom. The molecule has 2 aliphatic rings. The van der Waals surface area contributed by atoms with E-state index in [0.717, 1.165) is 4.90 Å². The monoisotopic (exact) mass is 517 g/mol. The van der Waals surface area contributed by atoms with E-state index in [9.17, 15) is 14.7 Å². The Balaban J connectivity index is 2.56. The Labute approximate surface area is 211 Å². The Hall–Kier alpha value is -1.20. The maximum Gasteiger partial charge on any atom is 0.413 e. The molecule has 2 rings (SSSR count). The highest BCUT2D eigenvalue weighted by atomic mass is 28.4. The molecule has 2 saturated heterocycles. The van der Waals surface area contributed by atoms with Crippen molar-refractivity contribution < 1.29 is 38.1 Å². The summed E-state index contributed by atoms with van der Waals surface area (Å²) in [5, 5.41) is 12.3. The molecule has 35 heavy (non-hydrogen) atoms. The highest BCUT2D eigenvalue weighted by Gasteiger charge is 2.61. The number of ether oxygens (including phenoxy) is 4. The Kier molecular flexibility index (Phi) is 9.83. The maximum absolute atomic E-state index is 13.4. The number of rotatable bonds is 9. The zero-order valence-electron chi connectivity index (χ0n) is 23.3. The number of carbonyl (C=O) groups is 2. The number of aliphatic hydroxyl groups is 1. The average molecular weight is 518 g/mol. The smallest absolute Gasteiger partial charge is 0.413 e. The maximum atomic E-state index is 13.4. The van der Waals surface area contributed by atoms with Crippen LogP contribution in [0.1, 0.15) is 81.6 Å². The van der Waals surface area contributed by atoms with Crippen LogP contribution in [-0.4, -0.2) is 80.5 Å². The van der Waals surface area contributed by atoms with Gasteiger partial charge < -0.3 is 28.5 Å². The standard InChI is InChI=1S/C25H47NO8Si/c1-16(2)35(17(3)4,18(5)6)34-20-15-19(22(27)30-10)26(23(28)33-24(7,8)9)25(20,29)12-11-21-31-13-14-32-21/h16-21,29H,11-15H2,1-10H3/t19-,20-,25?/m0/s1. The molecule has 1 N–H and O–H groups in total. The van der Waals surface area contributed by atoms with Crippen molar-refractivity contribution in [1.82, 2.24) is 4.90 Å². The molecule has 0 aromatic heterocycles. The molecule has 0 aromatic carbocycles. The number of nitrogens with zero attached hydrogens (tertiary/aromatic N) is 1. The summed E-state index contributed by atoms with van der Waals surface area (Å²) in [6.45, 7) is 19.1. The summed E-state index contributed by atoms with van der Waals surface area (Å²) in [4.78, 5) is 27.5. The first-order valence-corrected chi connectivity index (χ1v) is 15.0. The molecule has 1 unspecified atom stereocenters. The molecule has 0 aromatic rings. The highest BCUT2D eigenvalue weighted by Crippen LogP contribution is 2.48. The van der Waals surface area contributed by atoms with Crippen molar-refractivity contribution in [2.75, 3.05) is 20.3 Å². The van der Waals surface area contributed by atoms with Gasteiger partial charge in [-0.05, 0) is 37.4 Å². The van der Waals surface area contributed by atoms with Gasteiger partial charge in [-0.2, -0.15) is 0 Å². The molecule has 3 atom stereocenters. The highest BCUT2D eigenvalue weighted by molar-refractivity contribution is 6.77. The van der Waals surface area contributed by atoms with E-state index in [1.54, 1.807) is 20.8 Å². The van der Waals surface area contributed by atoms with Gasteiger partial charge in [-0.3, -0.25) is 4.90 Å². The van der Waals surface area contributed by atoms with E-state index in [2.05, 4.69) is 41.5 Å². The van der Waals surface area contributed by atoms with Crippen molar-refractivity contribution in [3.05, 3.63) is 0 Å². The first kappa shape index (κ1) is 30.0. The van der Waals surface area contributed by atoms with E-state index in [4.69, 9.17) is 23.4 Å². The number of hydrogen-bond acceptors (Lipinski definition) is 8. The zero-order valence-corrected chi connectivity index (χ0v) is 24.3. The summed E-state index contributed by atoms with van der Waals surface area (Å²) in [5.41, 5.74) is -1.86. The molecule has 0 saturated carbocycles. The van der Waals surface area contributed by atoms with Crippen LogP contribution in [0, 0.1) is 0 Å². The molecular weight excluding hydrogens is 470 g/mol. The largest absolute Gasteiger partial charge is 0.467 e. The van der Waals surface area contributed by atoms with Gasteiger partial charge in [0.25, 0.3) is 0 Å². The summed E-state index contributed by atoms with van der Waals surface area (Å²) in [7, 11) is -1.20. The van der Waals surface area contributed by atoms with Crippen LogP contribution in [0.15, 0.2) is 0 Å². The quantitative estimate of drug-likeness (QED) is 0.350. The summed E-state index contributed by atoms with van der Waals surface area (Å²) in [6.07, 6.45) is -1.49. The molecule has 9 nitrogen and oxygen atoms in total. The van der Waals surface area contributed by atoms with Crippen molar-refractivity contribution >= 4 is 20.4 Å². The topological polar surface area (TPSA) is 104 Å². The fourth-order valence-electron chi connectivity index (χ4n) is 5.84. The molecule has 204 valence electrons. The molecule has 10 heteroatoms. The van der Waals surface area contributed by atoms with Gasteiger partial charge in [-0.15, -0.1) is 0 Å². The molecule has 0 spiro atoms. The first-order valence-electron chi connectivity index (χ1n) is 12.8. The van der Waals surface area contributed by atoms with Crippen LogP contribution < -0.4 is 0 Å². The van der Waals surface area contributed by atoms with Crippen LogP contribution >= 0.6 is 0 Å². The van der Waals surface area contributed by atoms with Crippen molar-refractivity contribution in [2.45, 2.75) is 128 Å². The minimum Gasteiger partial charge on any atom is -0.467 e. The van der Waals surface area contributed by atoms with E-state index in [1.165, 1.54) is 7.11 Å². The summed E-state index contributed by atoms with van der Waals surface area (Å²) in [5.74, 6) is -0.611. The van der Waals surface area contributed by atoms with Gasteiger partial charge in [0.1, 0.15) is 11.6 Å². The van der Waals surface area contributed by atoms with Crippen molar-refractivity contribution in [1.29, 1.82) is 0 Å². The molecular formula is C25H47NO8Si. The minimum absolute atomic E-state index is 0.105. The lowest BCUT2D eigenvalue weighted by molar-refractivity contribution is -0.167. The van der Waals surface area contributed by atoms with E-state index >= 15 is 0 Å². The Morgan fingerprint density at radius 1 is 1.06 bits per heavy atom. The van der Waals surface area contributed by atoms with E-state index < -0.39 is 50.1 Å².